The molecular formula is C14H11N3OS. The van der Waals surface area contributed by atoms with Crippen LogP contribution in [0.4, 0.5) is 0 Å². The van der Waals surface area contributed by atoms with Crippen molar-refractivity contribution >= 4 is 27.3 Å². The van der Waals surface area contributed by atoms with E-state index < -0.39 is 0 Å². The van der Waals surface area contributed by atoms with Crippen LogP contribution in [-0.2, 0) is 6.42 Å². The Balaban J connectivity index is 1.86. The molecular weight excluding hydrogens is 258 g/mol. The highest BCUT2D eigenvalue weighted by Gasteiger charge is 2.12. The summed E-state index contributed by atoms with van der Waals surface area (Å²) in [5, 5.41) is 0.822. The number of para-hydroxylation sites is 1. The van der Waals surface area contributed by atoms with Crippen molar-refractivity contribution < 1.29 is 4.79 Å². The molecule has 0 saturated carbocycles. The summed E-state index contributed by atoms with van der Waals surface area (Å²) in [6, 6.07) is 9.52. The molecule has 0 saturated heterocycles. The van der Waals surface area contributed by atoms with Crippen molar-refractivity contribution in [1.29, 1.82) is 0 Å². The topological polar surface area (TPSA) is 55.7 Å². The Morgan fingerprint density at radius 1 is 1.21 bits per heavy atom. The molecule has 3 rings (SSSR count). The van der Waals surface area contributed by atoms with Gasteiger partial charge in [-0.05, 0) is 25.1 Å². The van der Waals surface area contributed by atoms with Gasteiger partial charge in [-0.15, -0.1) is 11.3 Å². The molecule has 3 aromatic rings. The van der Waals surface area contributed by atoms with Gasteiger partial charge >= 0.3 is 0 Å². The number of fused-ring (bicyclic) bond motifs is 1. The largest absolute Gasteiger partial charge is 0.292 e. The number of hydrogen-bond donors (Lipinski definition) is 0. The summed E-state index contributed by atoms with van der Waals surface area (Å²) in [6.45, 7) is 1.77. The summed E-state index contributed by atoms with van der Waals surface area (Å²) < 4.78 is 1.10. The number of Topliss-reactive ketones (excluding diaryl/α,β-unsaturated/α-hetero) is 1. The maximum atomic E-state index is 12.1. The zero-order chi connectivity index (χ0) is 13.2. The molecule has 19 heavy (non-hydrogen) atoms. The zero-order valence-corrected chi connectivity index (χ0v) is 11.1. The normalized spacial score (nSPS) is 10.8. The Kier molecular flexibility index (Phi) is 3.05. The number of carbonyl (C=O) groups is 1. The highest BCUT2D eigenvalue weighted by Crippen LogP contribution is 2.22. The molecule has 0 bridgehead atoms. The second kappa shape index (κ2) is 4.85. The van der Waals surface area contributed by atoms with Gasteiger partial charge in [0.2, 0.25) is 0 Å². The van der Waals surface area contributed by atoms with Crippen molar-refractivity contribution in [2.24, 2.45) is 0 Å². The molecule has 0 fully saturated rings. The molecule has 0 aliphatic carbocycles. The van der Waals surface area contributed by atoms with Gasteiger partial charge in [-0.2, -0.15) is 0 Å². The van der Waals surface area contributed by atoms with E-state index in [2.05, 4.69) is 15.0 Å². The van der Waals surface area contributed by atoms with E-state index in [0.717, 1.165) is 15.2 Å². The Bertz CT molecular complexity index is 718. The lowest BCUT2D eigenvalue weighted by molar-refractivity contribution is 0.0988. The van der Waals surface area contributed by atoms with E-state index in [-0.39, 0.29) is 12.2 Å². The second-order valence-electron chi connectivity index (χ2n) is 4.16. The smallest absolute Gasteiger partial charge is 0.188 e. The first-order chi connectivity index (χ1) is 9.22. The van der Waals surface area contributed by atoms with Crippen molar-refractivity contribution in [3.63, 3.8) is 0 Å². The molecule has 94 valence electrons. The first-order valence-corrected chi connectivity index (χ1v) is 6.71. The Labute approximate surface area is 114 Å². The van der Waals surface area contributed by atoms with Gasteiger partial charge < -0.3 is 0 Å². The summed E-state index contributed by atoms with van der Waals surface area (Å²) in [7, 11) is 0. The number of hydrogen-bond acceptors (Lipinski definition) is 5. The molecule has 2 heterocycles. The van der Waals surface area contributed by atoms with Crippen LogP contribution in [0.1, 0.15) is 21.3 Å². The highest BCUT2D eigenvalue weighted by molar-refractivity contribution is 7.18. The molecule has 0 N–H and O–H groups in total. The molecule has 0 spiro atoms. The van der Waals surface area contributed by atoms with Crippen LogP contribution in [-0.4, -0.2) is 20.7 Å². The van der Waals surface area contributed by atoms with Crippen LogP contribution in [0.2, 0.25) is 0 Å². The summed E-state index contributed by atoms with van der Waals surface area (Å²) in [5.41, 5.74) is 1.39. The number of ketones is 1. The van der Waals surface area contributed by atoms with Crippen molar-refractivity contribution in [3.05, 3.63) is 53.1 Å². The lowest BCUT2D eigenvalue weighted by Gasteiger charge is -1.98. The summed E-state index contributed by atoms with van der Waals surface area (Å²) in [5.74, 6) is 0.583. The summed E-state index contributed by atoms with van der Waals surface area (Å²) in [6.07, 6.45) is 1.89. The summed E-state index contributed by atoms with van der Waals surface area (Å²) >= 11 is 1.55. The Morgan fingerprint density at radius 2 is 2.05 bits per heavy atom. The first kappa shape index (κ1) is 11.9. The fourth-order valence-corrected chi connectivity index (χ4v) is 2.80. The number of aryl methyl sites for hydroxylation is 1. The molecule has 0 aliphatic heterocycles. The molecule has 0 unspecified atom stereocenters. The van der Waals surface area contributed by atoms with Gasteiger partial charge in [0.25, 0.3) is 0 Å². The van der Waals surface area contributed by atoms with Crippen molar-refractivity contribution in [2.45, 2.75) is 13.3 Å². The molecule has 0 atom stereocenters. The average molecular weight is 269 g/mol. The summed E-state index contributed by atoms with van der Waals surface area (Å²) in [4.78, 5) is 24.7. The number of nitrogens with zero attached hydrogens (tertiary/aromatic N) is 3. The highest BCUT2D eigenvalue weighted by atomic mass is 32.1. The molecule has 0 aliphatic rings. The minimum absolute atomic E-state index is 0.0236. The van der Waals surface area contributed by atoms with E-state index in [9.17, 15) is 4.79 Å². The lowest BCUT2D eigenvalue weighted by Crippen LogP contribution is -2.07. The van der Waals surface area contributed by atoms with E-state index in [1.165, 1.54) is 0 Å². The standard InChI is InChI=1S/C14H11N3OS/c1-9-15-7-6-10(16-9)12(18)8-14-17-11-4-2-3-5-13(11)19-14/h2-7H,8H2,1H3. The van der Waals surface area contributed by atoms with Crippen LogP contribution in [0.3, 0.4) is 0 Å². The van der Waals surface area contributed by atoms with Crippen LogP contribution in [0.25, 0.3) is 10.2 Å². The van der Waals surface area contributed by atoms with E-state index in [1.807, 2.05) is 24.3 Å². The van der Waals surface area contributed by atoms with Gasteiger partial charge in [0.05, 0.1) is 16.6 Å². The van der Waals surface area contributed by atoms with E-state index in [1.54, 1.807) is 30.5 Å². The van der Waals surface area contributed by atoms with Crippen LogP contribution in [0, 0.1) is 6.92 Å². The van der Waals surface area contributed by atoms with Crippen molar-refractivity contribution in [2.75, 3.05) is 0 Å². The van der Waals surface area contributed by atoms with Crippen LogP contribution in [0.15, 0.2) is 36.5 Å². The van der Waals surface area contributed by atoms with Gasteiger partial charge in [0.15, 0.2) is 5.78 Å². The zero-order valence-electron chi connectivity index (χ0n) is 10.3. The number of aromatic nitrogens is 3. The quantitative estimate of drug-likeness (QED) is 0.686. The Morgan fingerprint density at radius 3 is 2.84 bits per heavy atom. The molecule has 2 aromatic heterocycles. The monoisotopic (exact) mass is 269 g/mol. The third kappa shape index (κ3) is 2.51. The predicted molar refractivity (Wildman–Crippen MR) is 74.4 cm³/mol. The maximum Gasteiger partial charge on any atom is 0.188 e. The maximum absolute atomic E-state index is 12.1. The number of carbonyl (C=O) groups excluding carboxylic acids is 1. The van der Waals surface area contributed by atoms with Gasteiger partial charge in [-0.3, -0.25) is 4.79 Å². The number of thiazole rings is 1. The SMILES string of the molecule is Cc1nccc(C(=O)Cc2nc3ccccc3s2)n1. The van der Waals surface area contributed by atoms with Gasteiger partial charge in [0.1, 0.15) is 16.5 Å². The molecule has 4 nitrogen and oxygen atoms in total. The third-order valence-electron chi connectivity index (χ3n) is 2.71. The minimum Gasteiger partial charge on any atom is -0.292 e. The van der Waals surface area contributed by atoms with Crippen LogP contribution >= 0.6 is 11.3 Å². The average Bonchev–Trinajstić information content (AvgIpc) is 2.80. The van der Waals surface area contributed by atoms with E-state index >= 15 is 0 Å². The molecule has 0 amide bonds. The number of benzene rings is 1. The Hall–Kier alpha value is -2.14. The second-order valence-corrected chi connectivity index (χ2v) is 5.28. The van der Waals surface area contributed by atoms with Crippen LogP contribution < -0.4 is 0 Å². The fourth-order valence-electron chi connectivity index (χ4n) is 1.83. The van der Waals surface area contributed by atoms with Gasteiger partial charge in [-0.1, -0.05) is 12.1 Å². The lowest BCUT2D eigenvalue weighted by atomic mass is 10.2. The number of rotatable bonds is 3. The molecule has 5 heteroatoms. The van der Waals surface area contributed by atoms with Crippen molar-refractivity contribution in [1.82, 2.24) is 15.0 Å². The predicted octanol–water partition coefficient (Wildman–Crippen LogP) is 2.82. The minimum atomic E-state index is -0.0236. The van der Waals surface area contributed by atoms with Gasteiger partial charge in [0, 0.05) is 6.20 Å². The molecule has 1 aromatic carbocycles. The van der Waals surface area contributed by atoms with Gasteiger partial charge in [-0.25, -0.2) is 15.0 Å². The first-order valence-electron chi connectivity index (χ1n) is 5.90. The van der Waals surface area contributed by atoms with E-state index in [4.69, 9.17) is 0 Å². The fraction of sp³-hybridized carbons (Fsp3) is 0.143. The van der Waals surface area contributed by atoms with Crippen LogP contribution in [0.5, 0.6) is 0 Å². The third-order valence-corrected chi connectivity index (χ3v) is 3.75. The van der Waals surface area contributed by atoms with Crippen molar-refractivity contribution in [3.8, 4) is 0 Å². The molecule has 0 radical (unpaired) electrons. The van der Waals surface area contributed by atoms with E-state index in [0.29, 0.717) is 11.5 Å².